The largest absolute Gasteiger partial charge is 0.435 e. The van der Waals surface area contributed by atoms with Crippen LogP contribution in [0.5, 0.6) is 0 Å². The fourth-order valence-corrected chi connectivity index (χ4v) is 2.55. The number of benzene rings is 1. The van der Waals surface area contributed by atoms with Crippen LogP contribution in [0.3, 0.4) is 0 Å². The van der Waals surface area contributed by atoms with Crippen molar-refractivity contribution in [2.75, 3.05) is 13.4 Å². The maximum absolute atomic E-state index is 11.9. The second-order valence-corrected chi connectivity index (χ2v) is 11.7. The minimum atomic E-state index is -1.09. The van der Waals surface area contributed by atoms with E-state index in [1.165, 1.54) is 0 Å². The van der Waals surface area contributed by atoms with Crippen molar-refractivity contribution in [2.24, 2.45) is 0 Å². The van der Waals surface area contributed by atoms with E-state index in [1.54, 1.807) is 12.1 Å². The average Bonchev–Trinajstić information content (AvgIpc) is 2.83. The lowest BCUT2D eigenvalue weighted by molar-refractivity contribution is -0.0276. The zero-order valence-corrected chi connectivity index (χ0v) is 13.2. The number of H-pyrrole nitrogens is 1. The van der Waals surface area contributed by atoms with Gasteiger partial charge in [0.15, 0.2) is 6.79 Å². The van der Waals surface area contributed by atoms with E-state index < -0.39 is 8.07 Å². The smallest absolute Gasteiger partial charge is 0.340 e. The summed E-state index contributed by atoms with van der Waals surface area (Å²) in [4.78, 5) is 14.9. The molecule has 108 valence electrons. The summed E-state index contributed by atoms with van der Waals surface area (Å²) in [5.41, 5.74) is 1.47. The Kier molecular flexibility index (Phi) is 4.62. The summed E-state index contributed by atoms with van der Waals surface area (Å²) in [5.74, 6) is -0.352. The molecule has 5 heteroatoms. The quantitative estimate of drug-likeness (QED) is 0.382. The van der Waals surface area contributed by atoms with Crippen molar-refractivity contribution in [2.45, 2.75) is 25.7 Å². The van der Waals surface area contributed by atoms with Crippen LogP contribution >= 0.6 is 0 Å². The lowest BCUT2D eigenvalue weighted by Crippen LogP contribution is -2.22. The van der Waals surface area contributed by atoms with Crippen LogP contribution in [-0.4, -0.2) is 32.4 Å². The van der Waals surface area contributed by atoms with Gasteiger partial charge in [-0.25, -0.2) is 4.79 Å². The predicted octanol–water partition coefficient (Wildman–Crippen LogP) is 3.64. The Bertz CT molecular complexity index is 586. The van der Waals surface area contributed by atoms with Gasteiger partial charge in [0.2, 0.25) is 0 Å². The van der Waals surface area contributed by atoms with Crippen LogP contribution in [0.25, 0.3) is 10.9 Å². The van der Waals surface area contributed by atoms with Gasteiger partial charge in [0, 0.05) is 26.4 Å². The van der Waals surface area contributed by atoms with Crippen molar-refractivity contribution in [1.82, 2.24) is 4.98 Å². The number of rotatable bonds is 6. The van der Waals surface area contributed by atoms with Gasteiger partial charge in [-0.2, -0.15) is 0 Å². The molecule has 0 aliphatic carbocycles. The first-order valence-electron chi connectivity index (χ1n) is 6.78. The Labute approximate surface area is 120 Å². The molecule has 0 amide bonds. The van der Waals surface area contributed by atoms with Crippen LogP contribution in [0, 0.1) is 0 Å². The first kappa shape index (κ1) is 14.8. The van der Waals surface area contributed by atoms with Crippen LogP contribution in [-0.2, 0) is 9.47 Å². The van der Waals surface area contributed by atoms with Crippen molar-refractivity contribution < 1.29 is 14.3 Å². The Morgan fingerprint density at radius 3 is 2.80 bits per heavy atom. The van der Waals surface area contributed by atoms with E-state index in [4.69, 9.17) is 9.47 Å². The normalized spacial score (nSPS) is 11.8. The minimum absolute atomic E-state index is 0.0199. The van der Waals surface area contributed by atoms with Gasteiger partial charge in [-0.15, -0.1) is 0 Å². The lowest BCUT2D eigenvalue weighted by atomic mass is 10.2. The molecule has 0 radical (unpaired) electrons. The summed E-state index contributed by atoms with van der Waals surface area (Å²) >= 11 is 0. The highest BCUT2D eigenvalue weighted by Crippen LogP contribution is 2.15. The number of aromatic amines is 1. The molecule has 4 nitrogen and oxygen atoms in total. The summed E-state index contributed by atoms with van der Waals surface area (Å²) in [6, 6.07) is 8.48. The van der Waals surface area contributed by atoms with Crippen molar-refractivity contribution in [3.8, 4) is 0 Å². The number of fused-ring (bicyclic) bond motifs is 1. The number of ether oxygens (including phenoxy) is 2. The molecule has 20 heavy (non-hydrogen) atoms. The molecule has 2 rings (SSSR count). The molecular weight excluding hydrogens is 270 g/mol. The number of hydrogen-bond donors (Lipinski definition) is 1. The molecule has 2 aromatic rings. The van der Waals surface area contributed by atoms with E-state index in [0.29, 0.717) is 12.2 Å². The third-order valence-electron chi connectivity index (χ3n) is 3.06. The van der Waals surface area contributed by atoms with Crippen molar-refractivity contribution in [3.05, 3.63) is 36.0 Å². The average molecular weight is 291 g/mol. The Morgan fingerprint density at radius 1 is 1.25 bits per heavy atom. The second-order valence-electron chi connectivity index (χ2n) is 6.05. The highest BCUT2D eigenvalue weighted by molar-refractivity contribution is 6.76. The van der Waals surface area contributed by atoms with Crippen LogP contribution in [0.1, 0.15) is 10.4 Å². The molecule has 0 spiro atoms. The number of hydrogen-bond acceptors (Lipinski definition) is 3. The maximum atomic E-state index is 11.9. The minimum Gasteiger partial charge on any atom is -0.435 e. The third-order valence-corrected chi connectivity index (χ3v) is 4.76. The first-order chi connectivity index (χ1) is 9.46. The third kappa shape index (κ3) is 4.21. The Hall–Kier alpha value is -1.59. The van der Waals surface area contributed by atoms with Gasteiger partial charge in [-0.05, 0) is 29.6 Å². The molecule has 0 unspecified atom stereocenters. The van der Waals surface area contributed by atoms with Gasteiger partial charge in [0.25, 0.3) is 0 Å². The molecule has 0 bridgehead atoms. The van der Waals surface area contributed by atoms with E-state index in [9.17, 15) is 4.79 Å². The molecule has 0 atom stereocenters. The summed E-state index contributed by atoms with van der Waals surface area (Å²) in [7, 11) is -1.09. The van der Waals surface area contributed by atoms with E-state index in [0.717, 1.165) is 16.9 Å². The number of aromatic nitrogens is 1. The molecule has 1 aromatic heterocycles. The van der Waals surface area contributed by atoms with Gasteiger partial charge >= 0.3 is 5.97 Å². The van der Waals surface area contributed by atoms with E-state index in [1.807, 2.05) is 18.3 Å². The first-order valence-corrected chi connectivity index (χ1v) is 10.5. The summed E-state index contributed by atoms with van der Waals surface area (Å²) < 4.78 is 10.5. The fraction of sp³-hybridized carbons (Fsp3) is 0.400. The van der Waals surface area contributed by atoms with Gasteiger partial charge in [0.1, 0.15) is 0 Å². The molecule has 1 heterocycles. The van der Waals surface area contributed by atoms with Gasteiger partial charge in [0.05, 0.1) is 5.56 Å². The van der Waals surface area contributed by atoms with Gasteiger partial charge in [-0.3, -0.25) is 0 Å². The van der Waals surface area contributed by atoms with Crippen molar-refractivity contribution in [1.29, 1.82) is 0 Å². The molecule has 1 aromatic carbocycles. The number of nitrogens with one attached hydrogen (secondary N) is 1. The van der Waals surface area contributed by atoms with Crippen molar-refractivity contribution >= 4 is 24.9 Å². The zero-order valence-electron chi connectivity index (χ0n) is 12.2. The van der Waals surface area contributed by atoms with Crippen LogP contribution in [0.15, 0.2) is 30.5 Å². The molecule has 0 saturated carbocycles. The molecule has 1 N–H and O–H groups in total. The topological polar surface area (TPSA) is 51.3 Å². The molecule has 0 aliphatic rings. The highest BCUT2D eigenvalue weighted by Gasteiger charge is 2.12. The standard InChI is InChI=1S/C15H21NO3Si/c1-20(2,3)9-8-18-11-19-15(17)13-5-4-12-6-7-16-14(12)10-13/h4-7,10,16H,8-9,11H2,1-3H3. The van der Waals surface area contributed by atoms with Crippen LogP contribution in [0.4, 0.5) is 0 Å². The number of carbonyl (C=O) groups excluding carboxylic acids is 1. The number of carbonyl (C=O) groups is 1. The Morgan fingerprint density at radius 2 is 2.05 bits per heavy atom. The van der Waals surface area contributed by atoms with Gasteiger partial charge in [-0.1, -0.05) is 25.7 Å². The fourth-order valence-electron chi connectivity index (χ4n) is 1.79. The predicted molar refractivity (Wildman–Crippen MR) is 82.7 cm³/mol. The molecule has 0 fully saturated rings. The van der Waals surface area contributed by atoms with Crippen LogP contribution < -0.4 is 0 Å². The van der Waals surface area contributed by atoms with E-state index >= 15 is 0 Å². The van der Waals surface area contributed by atoms with Crippen molar-refractivity contribution in [3.63, 3.8) is 0 Å². The monoisotopic (exact) mass is 291 g/mol. The summed E-state index contributed by atoms with van der Waals surface area (Å²) in [6.45, 7) is 7.53. The maximum Gasteiger partial charge on any atom is 0.340 e. The lowest BCUT2D eigenvalue weighted by Gasteiger charge is -2.15. The SMILES string of the molecule is C[Si](C)(C)CCOCOC(=O)c1ccc2cc[nH]c2c1. The van der Waals surface area contributed by atoms with Crippen LogP contribution in [0.2, 0.25) is 25.7 Å². The van der Waals surface area contributed by atoms with E-state index in [2.05, 4.69) is 24.6 Å². The summed E-state index contributed by atoms with van der Waals surface area (Å²) in [6.07, 6.45) is 1.85. The second kappa shape index (κ2) is 6.24. The number of esters is 1. The molecular formula is C15H21NO3Si. The Balaban J connectivity index is 1.80. The zero-order chi connectivity index (χ0) is 14.6. The molecule has 0 saturated heterocycles. The highest BCUT2D eigenvalue weighted by atomic mass is 28.3. The summed E-state index contributed by atoms with van der Waals surface area (Å²) in [5, 5.41) is 1.08. The molecule has 0 aliphatic heterocycles. The van der Waals surface area contributed by atoms with E-state index in [-0.39, 0.29) is 12.8 Å². The van der Waals surface area contributed by atoms with Gasteiger partial charge < -0.3 is 14.5 Å².